The van der Waals surface area contributed by atoms with Crippen LogP contribution in [0.15, 0.2) is 0 Å². The zero-order valence-corrected chi connectivity index (χ0v) is 8.88. The highest BCUT2D eigenvalue weighted by Crippen LogP contribution is 2.10. The van der Waals surface area contributed by atoms with Gasteiger partial charge in [-0.1, -0.05) is 6.92 Å². The van der Waals surface area contributed by atoms with Crippen LogP contribution in [0.4, 0.5) is 0 Å². The van der Waals surface area contributed by atoms with E-state index in [0.717, 1.165) is 0 Å². The van der Waals surface area contributed by atoms with E-state index in [1.807, 2.05) is 0 Å². The van der Waals surface area contributed by atoms with Gasteiger partial charge < -0.3 is 9.74 Å². The third-order valence-electron chi connectivity index (χ3n) is 2.65. The first-order valence-corrected chi connectivity index (χ1v) is 5.37. The number of hydrogen-bond donors (Lipinski definition) is 1. The van der Waals surface area contributed by atoms with Crippen molar-refractivity contribution in [3.05, 3.63) is 0 Å². The molecule has 0 saturated carbocycles. The van der Waals surface area contributed by atoms with Gasteiger partial charge in [0.1, 0.15) is 0 Å². The number of hydrogen-bond acceptors (Lipinski definition) is 3. The molecule has 78 valence electrons. The molecule has 1 atom stereocenters. The highest BCUT2D eigenvalue weighted by Gasteiger charge is 2.15. The Morgan fingerprint density at radius 3 is 2.92 bits per heavy atom. The van der Waals surface area contributed by atoms with Crippen LogP contribution < -0.4 is 5.48 Å². The minimum absolute atomic E-state index is 0.562. The van der Waals surface area contributed by atoms with Gasteiger partial charge in [0.05, 0.1) is 7.11 Å². The number of hydroxylamine groups is 1. The molecule has 1 aliphatic heterocycles. The number of nitrogens with zero attached hydrogens (tertiary/aromatic N) is 1. The van der Waals surface area contributed by atoms with Crippen LogP contribution in [0.5, 0.6) is 0 Å². The van der Waals surface area contributed by atoms with E-state index in [0.29, 0.717) is 6.04 Å². The molecule has 0 radical (unpaired) electrons. The van der Waals surface area contributed by atoms with Crippen molar-refractivity contribution in [3.8, 4) is 0 Å². The Morgan fingerprint density at radius 1 is 1.38 bits per heavy atom. The highest BCUT2D eigenvalue weighted by atomic mass is 16.6. The topological polar surface area (TPSA) is 24.5 Å². The van der Waals surface area contributed by atoms with Gasteiger partial charge in [-0.3, -0.25) is 0 Å². The average Bonchev–Trinajstić information content (AvgIpc) is 2.33. The maximum atomic E-state index is 4.96. The maximum Gasteiger partial charge on any atom is 0.0572 e. The molecule has 1 N–H and O–H groups in total. The van der Waals surface area contributed by atoms with E-state index in [2.05, 4.69) is 17.3 Å². The minimum Gasteiger partial charge on any atom is -0.305 e. The molecule has 0 aromatic rings. The van der Waals surface area contributed by atoms with Gasteiger partial charge in [0, 0.05) is 6.04 Å². The summed E-state index contributed by atoms with van der Waals surface area (Å²) in [6.45, 7) is 5.97. The second-order valence-corrected chi connectivity index (χ2v) is 3.79. The molecule has 1 unspecified atom stereocenters. The Kier molecular flexibility index (Phi) is 5.35. The standard InChI is InChI=1S/C10H22N2O/c1-3-7-12-8-4-5-10(6-9-12)11-13-2/h10-11H,3-9H2,1-2H3. The number of rotatable bonds is 4. The molecule has 1 aliphatic rings. The first-order chi connectivity index (χ1) is 6.36. The van der Waals surface area contributed by atoms with E-state index in [-0.39, 0.29) is 0 Å². The number of nitrogens with one attached hydrogen (secondary N) is 1. The summed E-state index contributed by atoms with van der Waals surface area (Å²) in [5.74, 6) is 0. The molecule has 3 nitrogen and oxygen atoms in total. The van der Waals surface area contributed by atoms with Crippen molar-refractivity contribution in [2.45, 2.75) is 38.6 Å². The largest absolute Gasteiger partial charge is 0.305 e. The summed E-state index contributed by atoms with van der Waals surface area (Å²) in [5, 5.41) is 0. The van der Waals surface area contributed by atoms with Crippen LogP contribution in [-0.2, 0) is 4.84 Å². The van der Waals surface area contributed by atoms with E-state index < -0.39 is 0 Å². The van der Waals surface area contributed by atoms with Crippen molar-refractivity contribution >= 4 is 0 Å². The third-order valence-corrected chi connectivity index (χ3v) is 2.65. The van der Waals surface area contributed by atoms with Crippen LogP contribution in [0, 0.1) is 0 Å². The fourth-order valence-electron chi connectivity index (χ4n) is 1.98. The second kappa shape index (κ2) is 6.35. The Morgan fingerprint density at radius 2 is 2.23 bits per heavy atom. The SMILES string of the molecule is CCCN1CCCC(NOC)CC1. The molecular formula is C10H22N2O. The maximum absolute atomic E-state index is 4.96. The molecule has 1 heterocycles. The molecule has 0 amide bonds. The lowest BCUT2D eigenvalue weighted by Crippen LogP contribution is -2.30. The predicted octanol–water partition coefficient (Wildman–Crippen LogP) is 1.40. The normalized spacial score (nSPS) is 25.8. The van der Waals surface area contributed by atoms with Crippen LogP contribution >= 0.6 is 0 Å². The molecule has 13 heavy (non-hydrogen) atoms. The van der Waals surface area contributed by atoms with Gasteiger partial charge in [-0.15, -0.1) is 0 Å². The van der Waals surface area contributed by atoms with Crippen LogP contribution in [-0.4, -0.2) is 37.7 Å². The van der Waals surface area contributed by atoms with Crippen molar-refractivity contribution in [1.29, 1.82) is 0 Å². The Hall–Kier alpha value is -0.120. The summed E-state index contributed by atoms with van der Waals surface area (Å²) in [5.41, 5.74) is 3.06. The summed E-state index contributed by atoms with van der Waals surface area (Å²) in [6, 6.07) is 0.562. The van der Waals surface area contributed by atoms with E-state index in [1.54, 1.807) is 7.11 Å². The Labute approximate surface area is 81.4 Å². The molecule has 1 saturated heterocycles. The van der Waals surface area contributed by atoms with Gasteiger partial charge in [-0.25, -0.2) is 0 Å². The zero-order valence-electron chi connectivity index (χ0n) is 8.88. The lowest BCUT2D eigenvalue weighted by atomic mass is 10.1. The fraction of sp³-hybridized carbons (Fsp3) is 1.00. The highest BCUT2D eigenvalue weighted by molar-refractivity contribution is 4.71. The summed E-state index contributed by atoms with van der Waals surface area (Å²) in [7, 11) is 1.70. The van der Waals surface area contributed by atoms with Gasteiger partial charge in [-0.2, -0.15) is 5.48 Å². The van der Waals surface area contributed by atoms with Gasteiger partial charge in [-0.05, 0) is 45.3 Å². The molecule has 3 heteroatoms. The molecular weight excluding hydrogens is 164 g/mol. The smallest absolute Gasteiger partial charge is 0.0572 e. The molecule has 1 rings (SSSR count). The van der Waals surface area contributed by atoms with Crippen molar-refractivity contribution in [2.75, 3.05) is 26.7 Å². The van der Waals surface area contributed by atoms with Crippen LogP contribution in [0.3, 0.4) is 0 Å². The number of likely N-dealkylation sites (tertiary alicyclic amines) is 1. The molecule has 1 fully saturated rings. The Balaban J connectivity index is 2.22. The van der Waals surface area contributed by atoms with Gasteiger partial charge in [0.2, 0.25) is 0 Å². The van der Waals surface area contributed by atoms with Crippen molar-refractivity contribution in [3.63, 3.8) is 0 Å². The zero-order chi connectivity index (χ0) is 9.52. The van der Waals surface area contributed by atoms with Crippen molar-refractivity contribution < 1.29 is 4.84 Å². The van der Waals surface area contributed by atoms with Crippen LogP contribution in [0.25, 0.3) is 0 Å². The van der Waals surface area contributed by atoms with Gasteiger partial charge in [0.15, 0.2) is 0 Å². The van der Waals surface area contributed by atoms with Crippen LogP contribution in [0.2, 0.25) is 0 Å². The van der Waals surface area contributed by atoms with E-state index in [4.69, 9.17) is 4.84 Å². The lowest BCUT2D eigenvalue weighted by molar-refractivity contribution is 0.0561. The molecule has 0 aliphatic carbocycles. The molecule has 0 aromatic carbocycles. The summed E-state index contributed by atoms with van der Waals surface area (Å²) in [6.07, 6.45) is 5.02. The van der Waals surface area contributed by atoms with Gasteiger partial charge >= 0.3 is 0 Å². The van der Waals surface area contributed by atoms with Crippen LogP contribution in [0.1, 0.15) is 32.6 Å². The minimum atomic E-state index is 0.562. The predicted molar refractivity (Wildman–Crippen MR) is 54.5 cm³/mol. The first-order valence-electron chi connectivity index (χ1n) is 5.37. The first kappa shape index (κ1) is 11.0. The lowest BCUT2D eigenvalue weighted by Gasteiger charge is -2.18. The molecule has 0 bridgehead atoms. The van der Waals surface area contributed by atoms with Crippen molar-refractivity contribution in [2.24, 2.45) is 0 Å². The molecule has 0 spiro atoms. The van der Waals surface area contributed by atoms with Crippen molar-refractivity contribution in [1.82, 2.24) is 10.4 Å². The summed E-state index contributed by atoms with van der Waals surface area (Å²) in [4.78, 5) is 7.52. The Bertz CT molecular complexity index is 116. The third kappa shape index (κ3) is 4.07. The van der Waals surface area contributed by atoms with E-state index in [9.17, 15) is 0 Å². The molecule has 0 aromatic heterocycles. The second-order valence-electron chi connectivity index (χ2n) is 3.79. The van der Waals surface area contributed by atoms with Gasteiger partial charge in [0.25, 0.3) is 0 Å². The monoisotopic (exact) mass is 186 g/mol. The fourth-order valence-corrected chi connectivity index (χ4v) is 1.98. The summed E-state index contributed by atoms with van der Waals surface area (Å²) >= 11 is 0. The quantitative estimate of drug-likeness (QED) is 0.672. The average molecular weight is 186 g/mol. The van der Waals surface area contributed by atoms with E-state index in [1.165, 1.54) is 45.3 Å². The summed E-state index contributed by atoms with van der Waals surface area (Å²) < 4.78 is 0. The van der Waals surface area contributed by atoms with E-state index >= 15 is 0 Å².